The number of nitrogens with two attached hydrogens (primary N) is 1. The molecule has 1 aromatic carbocycles. The van der Waals surface area contributed by atoms with Gasteiger partial charge in [0.2, 0.25) is 0 Å². The monoisotopic (exact) mass is 257 g/mol. The molecular formula is C12H16ClNO3. The maximum absolute atomic E-state index is 11.1. The van der Waals surface area contributed by atoms with Crippen LogP contribution in [0.1, 0.15) is 23.6 Å². The summed E-state index contributed by atoms with van der Waals surface area (Å²) in [7, 11) is 1.38. The van der Waals surface area contributed by atoms with Gasteiger partial charge < -0.3 is 15.2 Å². The molecule has 1 aliphatic rings. The van der Waals surface area contributed by atoms with Crippen molar-refractivity contribution < 1.29 is 14.3 Å². The van der Waals surface area contributed by atoms with Crippen molar-refractivity contribution in [1.29, 1.82) is 0 Å². The van der Waals surface area contributed by atoms with Gasteiger partial charge in [0.15, 0.2) is 0 Å². The van der Waals surface area contributed by atoms with Gasteiger partial charge in [-0.15, -0.1) is 12.4 Å². The molecule has 1 aliphatic heterocycles. The van der Waals surface area contributed by atoms with Gasteiger partial charge in [-0.2, -0.15) is 0 Å². The minimum absolute atomic E-state index is 0. The van der Waals surface area contributed by atoms with Gasteiger partial charge in [-0.1, -0.05) is 6.07 Å². The molecule has 5 heteroatoms. The number of carbonyl (C=O) groups excluding carboxylic acids is 1. The Labute approximate surface area is 106 Å². The third-order valence-electron chi connectivity index (χ3n) is 2.74. The molecule has 1 aromatic rings. The molecule has 0 fully saturated rings. The number of hydrogen-bond donors (Lipinski definition) is 1. The quantitative estimate of drug-likeness (QED) is 0.818. The van der Waals surface area contributed by atoms with Gasteiger partial charge in [-0.3, -0.25) is 4.79 Å². The van der Waals surface area contributed by atoms with Crippen molar-refractivity contribution in [2.24, 2.45) is 5.73 Å². The van der Waals surface area contributed by atoms with E-state index in [1.807, 2.05) is 18.2 Å². The molecule has 1 atom stereocenters. The first kappa shape index (κ1) is 13.8. The van der Waals surface area contributed by atoms with E-state index in [1.165, 1.54) is 7.11 Å². The Balaban J connectivity index is 0.00000144. The van der Waals surface area contributed by atoms with Crippen LogP contribution in [0.2, 0.25) is 0 Å². The second-order valence-electron chi connectivity index (χ2n) is 3.87. The van der Waals surface area contributed by atoms with Crippen LogP contribution in [-0.2, 0) is 16.0 Å². The fourth-order valence-corrected chi connectivity index (χ4v) is 1.82. The Morgan fingerprint density at radius 2 is 2.35 bits per heavy atom. The third kappa shape index (κ3) is 3.11. The van der Waals surface area contributed by atoms with E-state index >= 15 is 0 Å². The molecule has 0 radical (unpaired) electrons. The van der Waals surface area contributed by atoms with Crippen LogP contribution in [0.15, 0.2) is 18.2 Å². The fraction of sp³-hybridized carbons (Fsp3) is 0.417. The Hall–Kier alpha value is -1.26. The van der Waals surface area contributed by atoms with E-state index in [-0.39, 0.29) is 30.8 Å². The van der Waals surface area contributed by atoms with E-state index in [4.69, 9.17) is 10.5 Å². The molecule has 0 aromatic heterocycles. The number of ether oxygens (including phenoxy) is 2. The zero-order chi connectivity index (χ0) is 11.5. The summed E-state index contributed by atoms with van der Waals surface area (Å²) in [4.78, 5) is 11.1. The van der Waals surface area contributed by atoms with Crippen molar-refractivity contribution in [3.8, 4) is 5.75 Å². The van der Waals surface area contributed by atoms with Crippen LogP contribution in [0.3, 0.4) is 0 Å². The van der Waals surface area contributed by atoms with Crippen molar-refractivity contribution >= 4 is 18.4 Å². The van der Waals surface area contributed by atoms with E-state index in [0.717, 1.165) is 23.3 Å². The molecule has 0 aliphatic carbocycles. The van der Waals surface area contributed by atoms with Crippen LogP contribution in [0, 0.1) is 0 Å². The molecule has 1 heterocycles. The predicted octanol–water partition coefficient (Wildman–Crippen LogP) is 1.61. The molecule has 94 valence electrons. The van der Waals surface area contributed by atoms with Crippen LogP contribution in [-0.4, -0.2) is 19.7 Å². The van der Waals surface area contributed by atoms with Crippen LogP contribution < -0.4 is 10.5 Å². The van der Waals surface area contributed by atoms with E-state index in [2.05, 4.69) is 4.74 Å². The maximum atomic E-state index is 11.1. The van der Waals surface area contributed by atoms with Crippen molar-refractivity contribution in [2.75, 3.05) is 13.7 Å². The fourth-order valence-electron chi connectivity index (χ4n) is 1.82. The van der Waals surface area contributed by atoms with Gasteiger partial charge in [0, 0.05) is 18.0 Å². The average Bonchev–Trinajstić information content (AvgIpc) is 2.30. The van der Waals surface area contributed by atoms with Gasteiger partial charge in [-0.25, -0.2) is 0 Å². The number of benzene rings is 1. The minimum Gasteiger partial charge on any atom is -0.493 e. The molecule has 0 bridgehead atoms. The molecule has 0 spiro atoms. The van der Waals surface area contributed by atoms with Crippen molar-refractivity contribution in [1.82, 2.24) is 0 Å². The summed E-state index contributed by atoms with van der Waals surface area (Å²) >= 11 is 0. The number of halogens is 1. The van der Waals surface area contributed by atoms with Gasteiger partial charge in [-0.05, 0) is 17.7 Å². The highest BCUT2D eigenvalue weighted by Gasteiger charge is 2.18. The Morgan fingerprint density at radius 1 is 1.59 bits per heavy atom. The largest absolute Gasteiger partial charge is 0.493 e. The summed E-state index contributed by atoms with van der Waals surface area (Å²) < 4.78 is 10.1. The zero-order valence-electron chi connectivity index (χ0n) is 9.64. The maximum Gasteiger partial charge on any atom is 0.309 e. The van der Waals surface area contributed by atoms with Crippen LogP contribution in [0.4, 0.5) is 0 Å². The molecular weight excluding hydrogens is 242 g/mol. The lowest BCUT2D eigenvalue weighted by Gasteiger charge is -2.23. The first-order valence-electron chi connectivity index (χ1n) is 5.28. The van der Waals surface area contributed by atoms with Crippen LogP contribution >= 0.6 is 12.4 Å². The smallest absolute Gasteiger partial charge is 0.309 e. The Morgan fingerprint density at radius 3 is 3.06 bits per heavy atom. The number of carbonyl (C=O) groups is 1. The second-order valence-corrected chi connectivity index (χ2v) is 3.87. The van der Waals surface area contributed by atoms with E-state index in [9.17, 15) is 4.79 Å². The summed E-state index contributed by atoms with van der Waals surface area (Å²) in [6, 6.07) is 5.66. The first-order chi connectivity index (χ1) is 7.70. The Bertz CT molecular complexity index is 409. The van der Waals surface area contributed by atoms with Crippen molar-refractivity contribution in [3.05, 3.63) is 29.3 Å². The minimum atomic E-state index is -0.245. The second kappa shape index (κ2) is 5.89. The highest BCUT2D eigenvalue weighted by Crippen LogP contribution is 2.31. The number of hydrogen-bond acceptors (Lipinski definition) is 4. The van der Waals surface area contributed by atoms with Gasteiger partial charge in [0.1, 0.15) is 5.75 Å². The zero-order valence-corrected chi connectivity index (χ0v) is 10.5. The lowest BCUT2D eigenvalue weighted by atomic mass is 9.98. The molecule has 4 nitrogen and oxygen atoms in total. The molecule has 17 heavy (non-hydrogen) atoms. The molecule has 0 saturated carbocycles. The molecule has 2 N–H and O–H groups in total. The van der Waals surface area contributed by atoms with Gasteiger partial charge in [0.05, 0.1) is 20.1 Å². The summed E-state index contributed by atoms with van der Waals surface area (Å²) in [6.07, 6.45) is 1.09. The lowest BCUT2D eigenvalue weighted by molar-refractivity contribution is -0.139. The molecule has 0 saturated heterocycles. The first-order valence-corrected chi connectivity index (χ1v) is 5.28. The van der Waals surface area contributed by atoms with E-state index in [0.29, 0.717) is 6.61 Å². The highest BCUT2D eigenvalue weighted by molar-refractivity contribution is 5.85. The Kier molecular flexibility index (Phi) is 4.78. The predicted molar refractivity (Wildman–Crippen MR) is 66.5 cm³/mol. The molecule has 2 rings (SSSR count). The summed E-state index contributed by atoms with van der Waals surface area (Å²) in [5.74, 6) is 0.581. The molecule has 0 unspecified atom stereocenters. The number of fused-ring (bicyclic) bond motifs is 1. The lowest BCUT2D eigenvalue weighted by Crippen LogP contribution is -2.21. The van der Waals surface area contributed by atoms with E-state index < -0.39 is 0 Å². The van der Waals surface area contributed by atoms with Crippen LogP contribution in [0.5, 0.6) is 5.75 Å². The number of rotatable bonds is 2. The van der Waals surface area contributed by atoms with Crippen LogP contribution in [0.25, 0.3) is 0 Å². The standard InChI is InChI=1S/C12H15NO3.ClH/c1-15-12(14)7-8-2-3-11-9(6-8)10(13)4-5-16-11;/h2-3,6,10H,4-5,7,13H2,1H3;1H/t10-;/m0./s1. The summed E-state index contributed by atoms with van der Waals surface area (Å²) in [5.41, 5.74) is 7.87. The number of methoxy groups -OCH3 is 1. The normalized spacial score (nSPS) is 17.4. The summed E-state index contributed by atoms with van der Waals surface area (Å²) in [5, 5.41) is 0. The number of esters is 1. The SMILES string of the molecule is COC(=O)Cc1ccc2c(c1)[C@@H](N)CCO2.Cl. The summed E-state index contributed by atoms with van der Waals surface area (Å²) in [6.45, 7) is 0.657. The third-order valence-corrected chi connectivity index (χ3v) is 2.74. The average molecular weight is 258 g/mol. The van der Waals surface area contributed by atoms with Gasteiger partial charge in [0.25, 0.3) is 0 Å². The van der Waals surface area contributed by atoms with Crippen molar-refractivity contribution in [3.63, 3.8) is 0 Å². The molecule has 0 amide bonds. The van der Waals surface area contributed by atoms with Gasteiger partial charge >= 0.3 is 5.97 Å². The highest BCUT2D eigenvalue weighted by atomic mass is 35.5. The topological polar surface area (TPSA) is 61.5 Å². The van der Waals surface area contributed by atoms with Crippen molar-refractivity contribution in [2.45, 2.75) is 18.9 Å². The van der Waals surface area contributed by atoms with E-state index in [1.54, 1.807) is 0 Å².